The molecule has 1 aliphatic rings. The topological polar surface area (TPSA) is 87.0 Å². The molecule has 130 valence electrons. The molecule has 0 unspecified atom stereocenters. The van der Waals surface area contributed by atoms with Gasteiger partial charge in [0.2, 0.25) is 0 Å². The third kappa shape index (κ3) is 3.18. The lowest BCUT2D eigenvalue weighted by Gasteiger charge is -2.25. The number of phenols is 3. The van der Waals surface area contributed by atoms with Crippen LogP contribution in [-0.4, -0.2) is 27.7 Å². The average molecular weight is 340 g/mol. The molecule has 0 amide bonds. The number of hydrogen-bond acceptors (Lipinski definition) is 5. The van der Waals surface area contributed by atoms with Gasteiger partial charge in [-0.25, -0.2) is 0 Å². The van der Waals surface area contributed by atoms with E-state index in [0.717, 1.165) is 5.57 Å². The van der Waals surface area contributed by atoms with Gasteiger partial charge in [-0.05, 0) is 38.5 Å². The SMILES string of the molecule is CC(C)=CCc1c(O)ccc([C@@H]2COc3cc(O)ccc3C2=O)c1O. The molecule has 1 heterocycles. The highest BCUT2D eigenvalue weighted by Crippen LogP contribution is 2.40. The van der Waals surface area contributed by atoms with Gasteiger partial charge in [-0.2, -0.15) is 0 Å². The van der Waals surface area contributed by atoms with Crippen molar-refractivity contribution in [2.24, 2.45) is 0 Å². The Morgan fingerprint density at radius 1 is 1.20 bits per heavy atom. The summed E-state index contributed by atoms with van der Waals surface area (Å²) in [5, 5.41) is 30.2. The molecule has 0 spiro atoms. The summed E-state index contributed by atoms with van der Waals surface area (Å²) in [6.07, 6.45) is 2.27. The summed E-state index contributed by atoms with van der Waals surface area (Å²) in [5.74, 6) is -0.570. The summed E-state index contributed by atoms with van der Waals surface area (Å²) in [7, 11) is 0. The fraction of sp³-hybridized carbons (Fsp3) is 0.250. The molecular weight excluding hydrogens is 320 g/mol. The number of aromatic hydroxyl groups is 3. The van der Waals surface area contributed by atoms with Gasteiger partial charge in [0, 0.05) is 17.2 Å². The maximum Gasteiger partial charge on any atom is 0.177 e. The van der Waals surface area contributed by atoms with Gasteiger partial charge < -0.3 is 20.1 Å². The lowest BCUT2D eigenvalue weighted by atomic mass is 9.87. The standard InChI is InChI=1S/C20H20O5/c1-11(2)3-5-14-17(22)8-7-13(19(14)23)16-10-25-18-9-12(21)4-6-15(18)20(16)24/h3-4,6-9,16,21-23H,5,10H2,1-2H3/t16-/m0/s1. The molecule has 2 aromatic carbocycles. The summed E-state index contributed by atoms with van der Waals surface area (Å²) in [6.45, 7) is 3.93. The zero-order valence-corrected chi connectivity index (χ0v) is 14.1. The Bertz CT molecular complexity index is 863. The van der Waals surface area contributed by atoms with E-state index in [1.165, 1.54) is 24.3 Å². The smallest absolute Gasteiger partial charge is 0.177 e. The molecule has 2 aromatic rings. The highest BCUT2D eigenvalue weighted by molar-refractivity contribution is 6.04. The number of carbonyl (C=O) groups is 1. The van der Waals surface area contributed by atoms with Crippen LogP contribution in [0.3, 0.4) is 0 Å². The van der Waals surface area contributed by atoms with Crippen molar-refractivity contribution < 1.29 is 24.9 Å². The predicted octanol–water partition coefficient (Wildman–Crippen LogP) is 3.67. The maximum absolute atomic E-state index is 12.8. The van der Waals surface area contributed by atoms with E-state index in [4.69, 9.17) is 4.74 Å². The number of ether oxygens (including phenoxy) is 1. The van der Waals surface area contributed by atoms with E-state index in [9.17, 15) is 20.1 Å². The van der Waals surface area contributed by atoms with E-state index in [0.29, 0.717) is 28.9 Å². The highest BCUT2D eigenvalue weighted by Gasteiger charge is 2.33. The van der Waals surface area contributed by atoms with Crippen LogP contribution in [0.25, 0.3) is 0 Å². The molecule has 5 heteroatoms. The van der Waals surface area contributed by atoms with Crippen LogP contribution in [0.4, 0.5) is 0 Å². The number of phenolic OH excluding ortho intramolecular Hbond substituents is 3. The van der Waals surface area contributed by atoms with Crippen molar-refractivity contribution in [1.29, 1.82) is 0 Å². The second-order valence-electron chi connectivity index (χ2n) is 6.39. The molecule has 1 aliphatic heterocycles. The second kappa shape index (κ2) is 6.51. The summed E-state index contributed by atoms with van der Waals surface area (Å²) >= 11 is 0. The van der Waals surface area contributed by atoms with Crippen LogP contribution in [0, 0.1) is 0 Å². The van der Waals surface area contributed by atoms with Crippen molar-refractivity contribution in [2.45, 2.75) is 26.2 Å². The number of hydrogen-bond donors (Lipinski definition) is 3. The molecule has 0 aromatic heterocycles. The first-order valence-electron chi connectivity index (χ1n) is 8.05. The van der Waals surface area contributed by atoms with E-state index < -0.39 is 5.92 Å². The average Bonchev–Trinajstić information content (AvgIpc) is 2.55. The molecule has 0 radical (unpaired) electrons. The fourth-order valence-corrected chi connectivity index (χ4v) is 2.93. The Kier molecular flexibility index (Phi) is 4.40. The largest absolute Gasteiger partial charge is 0.508 e. The van der Waals surface area contributed by atoms with E-state index in [1.54, 1.807) is 6.07 Å². The lowest BCUT2D eigenvalue weighted by molar-refractivity contribution is 0.0894. The molecule has 3 rings (SSSR count). The van der Waals surface area contributed by atoms with Gasteiger partial charge in [0.25, 0.3) is 0 Å². The van der Waals surface area contributed by atoms with Crippen molar-refractivity contribution in [1.82, 2.24) is 0 Å². The Labute approximate surface area is 145 Å². The number of rotatable bonds is 3. The number of benzene rings is 2. The van der Waals surface area contributed by atoms with Crippen LogP contribution < -0.4 is 4.74 Å². The minimum atomic E-state index is -0.664. The molecule has 3 N–H and O–H groups in total. The van der Waals surface area contributed by atoms with E-state index >= 15 is 0 Å². The molecular formula is C20H20O5. The van der Waals surface area contributed by atoms with Gasteiger partial charge in [0.05, 0.1) is 11.5 Å². The molecule has 1 atom stereocenters. The fourth-order valence-electron chi connectivity index (χ4n) is 2.93. The van der Waals surface area contributed by atoms with Gasteiger partial charge in [0.15, 0.2) is 5.78 Å². The molecule has 0 saturated heterocycles. The first kappa shape index (κ1) is 16.9. The number of Topliss-reactive ketones (excluding diaryl/α,β-unsaturated/α-hetero) is 1. The van der Waals surface area contributed by atoms with Gasteiger partial charge in [-0.15, -0.1) is 0 Å². The van der Waals surface area contributed by atoms with E-state index in [2.05, 4.69) is 0 Å². The third-order valence-electron chi connectivity index (χ3n) is 4.33. The summed E-state index contributed by atoms with van der Waals surface area (Å²) in [6, 6.07) is 7.39. The quantitative estimate of drug-likeness (QED) is 0.742. The second-order valence-corrected chi connectivity index (χ2v) is 6.39. The summed E-state index contributed by atoms with van der Waals surface area (Å²) in [5.41, 5.74) is 2.25. The first-order valence-corrected chi connectivity index (χ1v) is 8.05. The Morgan fingerprint density at radius 3 is 2.68 bits per heavy atom. The number of allylic oxidation sites excluding steroid dienone is 2. The summed E-state index contributed by atoms with van der Waals surface area (Å²) in [4.78, 5) is 12.8. The first-order chi connectivity index (χ1) is 11.9. The van der Waals surface area contributed by atoms with Crippen molar-refractivity contribution in [3.8, 4) is 23.0 Å². The third-order valence-corrected chi connectivity index (χ3v) is 4.33. The molecule has 0 fully saturated rings. The van der Waals surface area contributed by atoms with Crippen molar-refractivity contribution in [2.75, 3.05) is 6.61 Å². The highest BCUT2D eigenvalue weighted by atomic mass is 16.5. The monoisotopic (exact) mass is 340 g/mol. The van der Waals surface area contributed by atoms with Gasteiger partial charge in [-0.3, -0.25) is 4.79 Å². The van der Waals surface area contributed by atoms with Crippen LogP contribution in [-0.2, 0) is 6.42 Å². The van der Waals surface area contributed by atoms with Crippen LogP contribution in [0.1, 0.15) is 41.3 Å². The predicted molar refractivity (Wildman–Crippen MR) is 93.6 cm³/mol. The molecule has 0 bridgehead atoms. The van der Waals surface area contributed by atoms with Gasteiger partial charge >= 0.3 is 0 Å². The van der Waals surface area contributed by atoms with Crippen molar-refractivity contribution >= 4 is 5.78 Å². The maximum atomic E-state index is 12.8. The Hall–Kier alpha value is -2.95. The normalized spacial score (nSPS) is 16.1. The Balaban J connectivity index is 2.00. The zero-order chi connectivity index (χ0) is 18.1. The van der Waals surface area contributed by atoms with Crippen molar-refractivity contribution in [3.05, 3.63) is 58.7 Å². The minimum Gasteiger partial charge on any atom is -0.508 e. The summed E-state index contributed by atoms with van der Waals surface area (Å²) < 4.78 is 5.60. The molecule has 25 heavy (non-hydrogen) atoms. The van der Waals surface area contributed by atoms with E-state index in [-0.39, 0.29) is 29.6 Å². The van der Waals surface area contributed by atoms with Crippen LogP contribution in [0.5, 0.6) is 23.0 Å². The van der Waals surface area contributed by atoms with Crippen LogP contribution in [0.15, 0.2) is 42.0 Å². The number of ketones is 1. The lowest BCUT2D eigenvalue weighted by Crippen LogP contribution is -2.26. The molecule has 5 nitrogen and oxygen atoms in total. The number of carbonyl (C=O) groups excluding carboxylic acids is 1. The Morgan fingerprint density at radius 2 is 1.96 bits per heavy atom. The molecule has 0 saturated carbocycles. The van der Waals surface area contributed by atoms with Gasteiger partial charge in [-0.1, -0.05) is 17.7 Å². The van der Waals surface area contributed by atoms with E-state index in [1.807, 2.05) is 19.9 Å². The molecule has 0 aliphatic carbocycles. The van der Waals surface area contributed by atoms with Crippen LogP contribution >= 0.6 is 0 Å². The van der Waals surface area contributed by atoms with Gasteiger partial charge in [0.1, 0.15) is 29.6 Å². The van der Waals surface area contributed by atoms with Crippen molar-refractivity contribution in [3.63, 3.8) is 0 Å². The number of fused-ring (bicyclic) bond motifs is 1. The van der Waals surface area contributed by atoms with Crippen LogP contribution in [0.2, 0.25) is 0 Å². The minimum absolute atomic E-state index is 0.00625. The zero-order valence-electron chi connectivity index (χ0n) is 14.1.